The molecule has 6 heteroatoms. The predicted octanol–water partition coefficient (Wildman–Crippen LogP) is 3.16. The smallest absolute Gasteiger partial charge is 0.410 e. The summed E-state index contributed by atoms with van der Waals surface area (Å²) < 4.78 is 10.5. The largest absolute Gasteiger partial charge is 0.444 e. The van der Waals surface area contributed by atoms with Crippen LogP contribution in [0.5, 0.6) is 0 Å². The van der Waals surface area contributed by atoms with E-state index >= 15 is 0 Å². The van der Waals surface area contributed by atoms with Crippen molar-refractivity contribution in [3.05, 3.63) is 29.3 Å². The van der Waals surface area contributed by atoms with Gasteiger partial charge < -0.3 is 14.4 Å². The van der Waals surface area contributed by atoms with Crippen molar-refractivity contribution in [3.63, 3.8) is 0 Å². The maximum atomic E-state index is 12.9. The van der Waals surface area contributed by atoms with Gasteiger partial charge in [-0.1, -0.05) is 17.7 Å². The van der Waals surface area contributed by atoms with Crippen LogP contribution in [0.3, 0.4) is 0 Å². The second-order valence-electron chi connectivity index (χ2n) is 7.68. The molecule has 0 saturated heterocycles. The average molecular weight is 362 g/mol. The number of aryl methyl sites for hydroxylation is 2. The number of anilines is 1. The van der Waals surface area contributed by atoms with Crippen LogP contribution in [0.15, 0.2) is 18.2 Å². The first kappa shape index (κ1) is 20.2. The fourth-order valence-corrected chi connectivity index (χ4v) is 3.00. The molecule has 0 aromatic heterocycles. The van der Waals surface area contributed by atoms with Crippen molar-refractivity contribution in [1.29, 1.82) is 0 Å². The number of amides is 2. The lowest BCUT2D eigenvalue weighted by molar-refractivity contribution is -0.120. The fourth-order valence-electron chi connectivity index (χ4n) is 3.00. The van der Waals surface area contributed by atoms with E-state index in [0.717, 1.165) is 18.5 Å². The number of rotatable bonds is 5. The molecule has 0 saturated carbocycles. The zero-order valence-corrected chi connectivity index (χ0v) is 16.5. The monoisotopic (exact) mass is 362 g/mol. The van der Waals surface area contributed by atoms with E-state index in [9.17, 15) is 9.59 Å². The maximum absolute atomic E-state index is 12.9. The Kier molecular flexibility index (Phi) is 6.64. The number of nitrogens with zero attached hydrogens (tertiary/aromatic N) is 2. The maximum Gasteiger partial charge on any atom is 0.410 e. The minimum Gasteiger partial charge on any atom is -0.444 e. The topological polar surface area (TPSA) is 59.1 Å². The summed E-state index contributed by atoms with van der Waals surface area (Å²) >= 11 is 0. The van der Waals surface area contributed by atoms with Gasteiger partial charge in [0, 0.05) is 25.9 Å². The van der Waals surface area contributed by atoms with E-state index in [0.29, 0.717) is 19.7 Å². The van der Waals surface area contributed by atoms with E-state index < -0.39 is 11.7 Å². The number of methoxy groups -OCH3 is 1. The van der Waals surface area contributed by atoms with Crippen LogP contribution in [0.2, 0.25) is 0 Å². The lowest BCUT2D eigenvalue weighted by atomic mass is 9.99. The molecule has 0 fully saturated rings. The molecule has 6 nitrogen and oxygen atoms in total. The van der Waals surface area contributed by atoms with Crippen molar-refractivity contribution in [2.75, 3.05) is 38.3 Å². The molecule has 1 aliphatic rings. The number of ether oxygens (including phenoxy) is 2. The number of carbonyl (C=O) groups is 2. The van der Waals surface area contributed by atoms with Gasteiger partial charge in [-0.2, -0.15) is 0 Å². The van der Waals surface area contributed by atoms with E-state index in [1.165, 1.54) is 16.0 Å². The summed E-state index contributed by atoms with van der Waals surface area (Å²) in [5, 5.41) is 0. The molecule has 1 aromatic rings. The van der Waals surface area contributed by atoms with Crippen molar-refractivity contribution in [1.82, 2.24) is 4.90 Å². The van der Waals surface area contributed by atoms with Crippen molar-refractivity contribution in [2.45, 2.75) is 46.1 Å². The average Bonchev–Trinajstić information content (AvgIpc) is 2.55. The molecule has 0 atom stereocenters. The van der Waals surface area contributed by atoms with Gasteiger partial charge in [-0.3, -0.25) is 9.69 Å². The third-order valence-electron chi connectivity index (χ3n) is 4.20. The lowest BCUT2D eigenvalue weighted by Gasteiger charge is -2.32. The molecule has 0 radical (unpaired) electrons. The standard InChI is InChI=1S/C20H30N2O4/c1-15-8-9-17-16(13-15)7-6-10-22(17)18(23)14-21(11-12-25-5)19(24)26-20(2,3)4/h8-9,13H,6-7,10-12,14H2,1-5H3. The van der Waals surface area contributed by atoms with E-state index in [1.807, 2.05) is 32.9 Å². The second kappa shape index (κ2) is 8.54. The van der Waals surface area contributed by atoms with Crippen LogP contribution in [-0.4, -0.2) is 55.9 Å². The van der Waals surface area contributed by atoms with Crippen LogP contribution in [0.4, 0.5) is 10.5 Å². The molecule has 2 amide bonds. The summed E-state index contributed by atoms with van der Waals surface area (Å²) in [6, 6.07) is 6.14. The Labute approximate surface area is 156 Å². The Balaban J connectivity index is 2.13. The van der Waals surface area contributed by atoms with Gasteiger partial charge >= 0.3 is 6.09 Å². The number of hydrogen-bond donors (Lipinski definition) is 0. The number of fused-ring (bicyclic) bond motifs is 1. The van der Waals surface area contributed by atoms with Crippen LogP contribution >= 0.6 is 0 Å². The van der Waals surface area contributed by atoms with Crippen LogP contribution in [0, 0.1) is 6.92 Å². The molecular weight excluding hydrogens is 332 g/mol. The molecular formula is C20H30N2O4. The lowest BCUT2D eigenvalue weighted by Crippen LogP contribution is -2.47. The highest BCUT2D eigenvalue weighted by Gasteiger charge is 2.28. The zero-order chi connectivity index (χ0) is 19.3. The molecule has 1 heterocycles. The predicted molar refractivity (Wildman–Crippen MR) is 102 cm³/mol. The van der Waals surface area contributed by atoms with Gasteiger partial charge in [0.2, 0.25) is 5.91 Å². The van der Waals surface area contributed by atoms with E-state index in [1.54, 1.807) is 12.0 Å². The Bertz CT molecular complexity index is 652. The first-order valence-corrected chi connectivity index (χ1v) is 9.08. The van der Waals surface area contributed by atoms with Gasteiger partial charge in [0.1, 0.15) is 12.1 Å². The molecule has 0 unspecified atom stereocenters. The molecule has 26 heavy (non-hydrogen) atoms. The minimum atomic E-state index is -0.610. The van der Waals surface area contributed by atoms with Crippen LogP contribution < -0.4 is 4.90 Å². The van der Waals surface area contributed by atoms with E-state index in [4.69, 9.17) is 9.47 Å². The summed E-state index contributed by atoms with van der Waals surface area (Å²) in [5.74, 6) is -0.100. The number of benzene rings is 1. The summed E-state index contributed by atoms with van der Waals surface area (Å²) in [7, 11) is 1.57. The molecule has 0 aliphatic carbocycles. The Morgan fingerprint density at radius 3 is 2.65 bits per heavy atom. The second-order valence-corrected chi connectivity index (χ2v) is 7.68. The zero-order valence-electron chi connectivity index (χ0n) is 16.5. The van der Waals surface area contributed by atoms with E-state index in [-0.39, 0.29) is 12.5 Å². The normalized spacial score (nSPS) is 14.0. The first-order valence-electron chi connectivity index (χ1n) is 9.08. The molecule has 0 bridgehead atoms. The van der Waals surface area contributed by atoms with Crippen LogP contribution in [0.25, 0.3) is 0 Å². The molecule has 0 N–H and O–H groups in total. The molecule has 0 spiro atoms. The third-order valence-corrected chi connectivity index (χ3v) is 4.20. The van der Waals surface area contributed by atoms with Crippen molar-refractivity contribution in [2.24, 2.45) is 0 Å². The van der Waals surface area contributed by atoms with Gasteiger partial charge in [0.25, 0.3) is 0 Å². The summed E-state index contributed by atoms with van der Waals surface area (Å²) in [4.78, 5) is 28.6. The van der Waals surface area contributed by atoms with Crippen LogP contribution in [-0.2, 0) is 20.7 Å². The number of hydrogen-bond acceptors (Lipinski definition) is 4. The van der Waals surface area contributed by atoms with Crippen molar-refractivity contribution in [3.8, 4) is 0 Å². The Morgan fingerprint density at radius 1 is 1.27 bits per heavy atom. The van der Waals surface area contributed by atoms with E-state index in [2.05, 4.69) is 13.0 Å². The van der Waals surface area contributed by atoms with Crippen molar-refractivity contribution < 1.29 is 19.1 Å². The van der Waals surface area contributed by atoms with Gasteiger partial charge in [-0.25, -0.2) is 4.79 Å². The van der Waals surface area contributed by atoms with Crippen LogP contribution in [0.1, 0.15) is 38.3 Å². The van der Waals surface area contributed by atoms with Crippen molar-refractivity contribution >= 4 is 17.7 Å². The van der Waals surface area contributed by atoms with Gasteiger partial charge in [-0.15, -0.1) is 0 Å². The highest BCUT2D eigenvalue weighted by Crippen LogP contribution is 2.28. The van der Waals surface area contributed by atoms with Gasteiger partial charge in [0.15, 0.2) is 0 Å². The summed E-state index contributed by atoms with van der Waals surface area (Å²) in [6.07, 6.45) is 1.40. The minimum absolute atomic E-state index is 0.0222. The molecule has 1 aliphatic heterocycles. The quantitative estimate of drug-likeness (QED) is 0.807. The summed E-state index contributed by atoms with van der Waals surface area (Å²) in [6.45, 7) is 8.79. The highest BCUT2D eigenvalue weighted by molar-refractivity contribution is 5.97. The number of carbonyl (C=O) groups excluding carboxylic acids is 2. The SMILES string of the molecule is COCCN(CC(=O)N1CCCc2cc(C)ccc21)C(=O)OC(C)(C)C. The molecule has 144 valence electrons. The van der Waals surface area contributed by atoms with Gasteiger partial charge in [-0.05, 0) is 52.2 Å². The third kappa shape index (κ3) is 5.46. The molecule has 1 aromatic carbocycles. The molecule has 2 rings (SSSR count). The Morgan fingerprint density at radius 2 is 2.00 bits per heavy atom. The fraction of sp³-hybridized carbons (Fsp3) is 0.600. The Hall–Kier alpha value is -2.08. The van der Waals surface area contributed by atoms with Gasteiger partial charge in [0.05, 0.1) is 6.61 Å². The first-order chi connectivity index (χ1) is 12.2. The summed E-state index contributed by atoms with van der Waals surface area (Å²) in [5.41, 5.74) is 2.71. The highest BCUT2D eigenvalue weighted by atomic mass is 16.6.